The highest BCUT2D eigenvalue weighted by Crippen LogP contribution is 2.27. The van der Waals surface area contributed by atoms with Crippen molar-refractivity contribution in [3.63, 3.8) is 0 Å². The van der Waals surface area contributed by atoms with Gasteiger partial charge in [0.1, 0.15) is 5.82 Å². The van der Waals surface area contributed by atoms with Crippen LogP contribution in [0.4, 0.5) is 15.8 Å². The third-order valence-electron chi connectivity index (χ3n) is 4.64. The highest BCUT2D eigenvalue weighted by Gasteiger charge is 2.37. The number of hydrogen-bond donors (Lipinski definition) is 2. The molecule has 2 N–H and O–H groups in total. The van der Waals surface area contributed by atoms with E-state index >= 15 is 0 Å². The van der Waals surface area contributed by atoms with E-state index in [9.17, 15) is 32.3 Å². The number of aryl methyl sites for hydroxylation is 1. The molecule has 0 aromatic heterocycles. The Morgan fingerprint density at radius 1 is 1.10 bits per heavy atom. The summed E-state index contributed by atoms with van der Waals surface area (Å²) in [5.74, 6) is -3.48. The molecule has 0 radical (unpaired) electrons. The predicted octanol–water partition coefficient (Wildman–Crippen LogP) is 1.73. The zero-order valence-corrected chi connectivity index (χ0v) is 17.4. The number of anilines is 2. The van der Waals surface area contributed by atoms with Crippen LogP contribution in [0.25, 0.3) is 0 Å². The summed E-state index contributed by atoms with van der Waals surface area (Å²) in [5, 5.41) is 12.9. The second-order valence-electron chi connectivity index (χ2n) is 7.29. The van der Waals surface area contributed by atoms with Gasteiger partial charge in [0.15, 0.2) is 15.4 Å². The lowest BCUT2D eigenvalue weighted by Crippen LogP contribution is -2.45. The molecule has 162 valence electrons. The molecule has 10 heteroatoms. The number of nitrogens with one attached hydrogen (secondary N) is 1. The van der Waals surface area contributed by atoms with E-state index < -0.39 is 44.7 Å². The van der Waals surface area contributed by atoms with E-state index in [2.05, 4.69) is 5.32 Å². The monoisotopic (exact) mass is 446 g/mol. The van der Waals surface area contributed by atoms with Crippen LogP contribution in [-0.2, 0) is 24.2 Å². The van der Waals surface area contributed by atoms with Crippen molar-refractivity contribution in [2.75, 3.05) is 16.0 Å². The molecule has 0 saturated heterocycles. The first-order chi connectivity index (χ1) is 14.4. The topological polar surface area (TPSA) is 121 Å². The quantitative estimate of drug-likeness (QED) is 0.515. The number of carbonyl (C=O) groups is 3. The molecule has 31 heavy (non-hydrogen) atoms. The van der Waals surface area contributed by atoms with Crippen LogP contribution >= 0.6 is 0 Å². The van der Waals surface area contributed by atoms with Crippen molar-refractivity contribution in [3.05, 3.63) is 66.0 Å². The van der Waals surface area contributed by atoms with Gasteiger partial charge in [0.05, 0.1) is 16.3 Å². The summed E-state index contributed by atoms with van der Waals surface area (Å²) in [6.45, 7) is 2.68. The fourth-order valence-corrected chi connectivity index (χ4v) is 4.64. The smallest absolute Gasteiger partial charge is 0.258 e. The molecule has 0 spiro atoms. The fraction of sp³-hybridized carbons (Fsp3) is 0.190. The SMILES string of the molecule is Cc1cc(NC(=O)[C@@](C)(O)CS(=O)(=O)c2ccc(F)cc2)ccc1N1C(=O)C=CC1=O. The van der Waals surface area contributed by atoms with Gasteiger partial charge in [-0.15, -0.1) is 0 Å². The summed E-state index contributed by atoms with van der Waals surface area (Å²) in [5.41, 5.74) is -1.21. The van der Waals surface area contributed by atoms with Gasteiger partial charge in [-0.2, -0.15) is 0 Å². The Balaban J connectivity index is 1.75. The second-order valence-corrected chi connectivity index (χ2v) is 9.28. The van der Waals surface area contributed by atoms with Crippen LogP contribution in [0, 0.1) is 12.7 Å². The number of halogens is 1. The Labute approximate surface area is 177 Å². The van der Waals surface area contributed by atoms with E-state index in [1.54, 1.807) is 6.92 Å². The van der Waals surface area contributed by atoms with Gasteiger partial charge in [0.2, 0.25) is 0 Å². The Bertz CT molecular complexity index is 1180. The molecule has 3 rings (SSSR count). The molecule has 0 unspecified atom stereocenters. The van der Waals surface area contributed by atoms with Gasteiger partial charge in [0, 0.05) is 17.8 Å². The number of aliphatic hydroxyl groups is 1. The third kappa shape index (κ3) is 4.70. The zero-order valence-electron chi connectivity index (χ0n) is 16.6. The number of rotatable bonds is 6. The Morgan fingerprint density at radius 3 is 2.23 bits per heavy atom. The van der Waals surface area contributed by atoms with Crippen LogP contribution in [0.3, 0.4) is 0 Å². The minimum Gasteiger partial charge on any atom is -0.379 e. The summed E-state index contributed by atoms with van der Waals surface area (Å²) >= 11 is 0. The summed E-state index contributed by atoms with van der Waals surface area (Å²) in [6, 6.07) is 8.40. The summed E-state index contributed by atoms with van der Waals surface area (Å²) in [7, 11) is -4.08. The van der Waals surface area contributed by atoms with Crippen molar-refractivity contribution >= 4 is 38.9 Å². The Kier molecular flexibility index (Phi) is 5.79. The van der Waals surface area contributed by atoms with Crippen LogP contribution in [0.5, 0.6) is 0 Å². The van der Waals surface area contributed by atoms with Crippen molar-refractivity contribution < 1.29 is 32.3 Å². The first kappa shape index (κ1) is 22.3. The normalized spacial score (nSPS) is 15.8. The predicted molar refractivity (Wildman–Crippen MR) is 111 cm³/mol. The van der Waals surface area contributed by atoms with Crippen molar-refractivity contribution in [2.45, 2.75) is 24.3 Å². The molecule has 8 nitrogen and oxygen atoms in total. The minimum absolute atomic E-state index is 0.226. The molecule has 0 bridgehead atoms. The van der Waals surface area contributed by atoms with E-state index in [0.29, 0.717) is 11.3 Å². The molecular weight excluding hydrogens is 427 g/mol. The fourth-order valence-electron chi connectivity index (χ4n) is 3.05. The first-order valence-electron chi connectivity index (χ1n) is 9.10. The summed E-state index contributed by atoms with van der Waals surface area (Å²) in [4.78, 5) is 37.0. The standard InChI is InChI=1S/C21H19FN2O6S/c1-13-11-15(5-8-17(13)24-18(25)9-10-19(24)26)23-20(27)21(2,28)12-31(29,30)16-6-3-14(22)4-7-16/h3-11,28H,12H2,1-2H3,(H,23,27)/t21-/m0/s1. The van der Waals surface area contributed by atoms with Gasteiger partial charge in [-0.1, -0.05) is 0 Å². The molecule has 1 aliphatic rings. The van der Waals surface area contributed by atoms with Gasteiger partial charge in [0.25, 0.3) is 17.7 Å². The summed E-state index contributed by atoms with van der Waals surface area (Å²) < 4.78 is 38.0. The largest absolute Gasteiger partial charge is 0.379 e. The molecule has 3 amide bonds. The zero-order chi connectivity index (χ0) is 23.0. The lowest BCUT2D eigenvalue weighted by atomic mass is 10.1. The minimum atomic E-state index is -4.08. The van der Waals surface area contributed by atoms with Gasteiger partial charge >= 0.3 is 0 Å². The third-order valence-corrected chi connectivity index (χ3v) is 6.57. The number of amides is 3. The molecule has 0 fully saturated rings. The van der Waals surface area contributed by atoms with Gasteiger partial charge in [-0.3, -0.25) is 14.4 Å². The second kappa shape index (κ2) is 8.05. The van der Waals surface area contributed by atoms with Crippen LogP contribution < -0.4 is 10.2 Å². The molecule has 0 saturated carbocycles. The molecule has 0 aliphatic carbocycles. The average molecular weight is 446 g/mol. The van der Waals surface area contributed by atoms with E-state index in [1.807, 2.05) is 0 Å². The van der Waals surface area contributed by atoms with Crippen LogP contribution in [0.2, 0.25) is 0 Å². The molecule has 2 aromatic rings. The summed E-state index contributed by atoms with van der Waals surface area (Å²) in [6.07, 6.45) is 2.30. The van der Waals surface area contributed by atoms with Crippen LogP contribution in [0.15, 0.2) is 59.5 Å². The van der Waals surface area contributed by atoms with Gasteiger partial charge in [-0.05, 0) is 61.9 Å². The van der Waals surface area contributed by atoms with Crippen LogP contribution in [-0.4, -0.2) is 42.6 Å². The van der Waals surface area contributed by atoms with E-state index in [4.69, 9.17) is 0 Å². The Hall–Kier alpha value is -3.37. The molecule has 2 aromatic carbocycles. The number of carbonyl (C=O) groups excluding carboxylic acids is 3. The van der Waals surface area contributed by atoms with Crippen molar-refractivity contribution in [1.82, 2.24) is 0 Å². The lowest BCUT2D eigenvalue weighted by molar-refractivity contribution is -0.130. The van der Waals surface area contributed by atoms with E-state index in [1.165, 1.54) is 18.2 Å². The van der Waals surface area contributed by atoms with Crippen LogP contribution in [0.1, 0.15) is 12.5 Å². The number of benzene rings is 2. The number of sulfone groups is 1. The highest BCUT2D eigenvalue weighted by molar-refractivity contribution is 7.91. The van der Waals surface area contributed by atoms with Gasteiger partial charge < -0.3 is 10.4 Å². The molecule has 1 aliphatic heterocycles. The van der Waals surface area contributed by atoms with Crippen molar-refractivity contribution in [2.24, 2.45) is 0 Å². The van der Waals surface area contributed by atoms with Crippen molar-refractivity contribution in [3.8, 4) is 0 Å². The number of hydrogen-bond acceptors (Lipinski definition) is 6. The molecular formula is C21H19FN2O6S. The maximum absolute atomic E-state index is 13.0. The first-order valence-corrected chi connectivity index (χ1v) is 10.7. The van der Waals surface area contributed by atoms with Crippen molar-refractivity contribution in [1.29, 1.82) is 0 Å². The lowest BCUT2D eigenvalue weighted by Gasteiger charge is -2.23. The van der Waals surface area contributed by atoms with E-state index in [0.717, 1.165) is 48.2 Å². The average Bonchev–Trinajstić information content (AvgIpc) is 3.00. The number of nitrogens with zero attached hydrogens (tertiary/aromatic N) is 1. The maximum atomic E-state index is 13.0. The number of imide groups is 1. The van der Waals surface area contributed by atoms with Gasteiger partial charge in [-0.25, -0.2) is 17.7 Å². The highest BCUT2D eigenvalue weighted by atomic mass is 32.2. The Morgan fingerprint density at radius 2 is 1.68 bits per heavy atom. The molecule has 1 heterocycles. The van der Waals surface area contributed by atoms with E-state index in [-0.39, 0.29) is 10.6 Å². The maximum Gasteiger partial charge on any atom is 0.258 e. The molecule has 1 atom stereocenters.